The summed E-state index contributed by atoms with van der Waals surface area (Å²) in [6, 6.07) is 12.8. The van der Waals surface area contributed by atoms with Crippen LogP contribution in [0.3, 0.4) is 0 Å². The average molecular weight is 327 g/mol. The fourth-order valence-electron chi connectivity index (χ4n) is 1.98. The molecule has 0 aromatic heterocycles. The Labute approximate surface area is 139 Å². The number of benzene rings is 2. The highest BCUT2D eigenvalue weighted by molar-refractivity contribution is 6.39. The Hall–Kier alpha value is -3.02. The van der Waals surface area contributed by atoms with Crippen LogP contribution >= 0.6 is 0 Å². The van der Waals surface area contributed by atoms with Crippen LogP contribution in [-0.4, -0.2) is 17.5 Å². The molecule has 2 amide bonds. The molecule has 124 valence electrons. The van der Waals surface area contributed by atoms with Gasteiger partial charge in [0.2, 0.25) is 0 Å². The van der Waals surface area contributed by atoms with E-state index in [1.807, 2.05) is 26.0 Å². The van der Waals surface area contributed by atoms with Gasteiger partial charge in [-0.3, -0.25) is 9.59 Å². The first-order valence-corrected chi connectivity index (χ1v) is 7.50. The third-order valence-electron chi connectivity index (χ3n) is 3.32. The van der Waals surface area contributed by atoms with Gasteiger partial charge in [0.1, 0.15) is 5.82 Å². The van der Waals surface area contributed by atoms with Gasteiger partial charge in [0.15, 0.2) is 0 Å². The number of hydrazone groups is 1. The van der Waals surface area contributed by atoms with Crippen molar-refractivity contribution < 1.29 is 14.0 Å². The van der Waals surface area contributed by atoms with Crippen LogP contribution in [0.4, 0.5) is 10.1 Å². The SMILES string of the molecule is CC/C(=N/NC(=O)C(=O)Nc1ccc(C)cc1)c1ccc(F)cc1. The monoisotopic (exact) mass is 327 g/mol. The van der Waals surface area contributed by atoms with Crippen LogP contribution in [0.2, 0.25) is 0 Å². The molecule has 6 heteroatoms. The number of rotatable bonds is 4. The summed E-state index contributed by atoms with van der Waals surface area (Å²) in [5.41, 5.74) is 5.02. The maximum absolute atomic E-state index is 12.9. The van der Waals surface area contributed by atoms with Gasteiger partial charge in [0.25, 0.3) is 0 Å². The molecule has 0 atom stereocenters. The zero-order valence-corrected chi connectivity index (χ0v) is 13.5. The average Bonchev–Trinajstić information content (AvgIpc) is 2.58. The molecule has 2 aromatic rings. The fourth-order valence-corrected chi connectivity index (χ4v) is 1.98. The number of carbonyl (C=O) groups is 2. The van der Waals surface area contributed by atoms with Gasteiger partial charge in [0, 0.05) is 5.69 Å². The van der Waals surface area contributed by atoms with Crippen LogP contribution in [0.1, 0.15) is 24.5 Å². The highest BCUT2D eigenvalue weighted by Crippen LogP contribution is 2.08. The van der Waals surface area contributed by atoms with Crippen molar-refractivity contribution in [3.05, 3.63) is 65.5 Å². The minimum atomic E-state index is -0.872. The maximum Gasteiger partial charge on any atom is 0.329 e. The first kappa shape index (κ1) is 17.3. The molecular formula is C18H18FN3O2. The van der Waals surface area contributed by atoms with E-state index in [4.69, 9.17) is 0 Å². The van der Waals surface area contributed by atoms with E-state index in [9.17, 15) is 14.0 Å². The quantitative estimate of drug-likeness (QED) is 0.515. The van der Waals surface area contributed by atoms with E-state index >= 15 is 0 Å². The van der Waals surface area contributed by atoms with E-state index in [1.54, 1.807) is 24.3 Å². The van der Waals surface area contributed by atoms with E-state index < -0.39 is 11.8 Å². The van der Waals surface area contributed by atoms with Crippen molar-refractivity contribution >= 4 is 23.2 Å². The van der Waals surface area contributed by atoms with Crippen LogP contribution in [0.15, 0.2) is 53.6 Å². The minimum Gasteiger partial charge on any atom is -0.318 e. The van der Waals surface area contributed by atoms with Crippen LogP contribution in [0.25, 0.3) is 0 Å². The molecule has 0 fully saturated rings. The van der Waals surface area contributed by atoms with Gasteiger partial charge in [-0.05, 0) is 43.2 Å². The van der Waals surface area contributed by atoms with Crippen molar-refractivity contribution in [3.8, 4) is 0 Å². The van der Waals surface area contributed by atoms with Crippen molar-refractivity contribution in [2.24, 2.45) is 5.10 Å². The summed E-state index contributed by atoms with van der Waals surface area (Å²) in [5.74, 6) is -2.03. The van der Waals surface area contributed by atoms with Gasteiger partial charge in [-0.2, -0.15) is 5.10 Å². The van der Waals surface area contributed by atoms with Crippen LogP contribution in [-0.2, 0) is 9.59 Å². The number of nitrogens with one attached hydrogen (secondary N) is 2. The predicted molar refractivity (Wildman–Crippen MR) is 91.2 cm³/mol. The Bertz CT molecular complexity index is 753. The molecule has 2 N–H and O–H groups in total. The lowest BCUT2D eigenvalue weighted by molar-refractivity contribution is -0.136. The number of halogens is 1. The van der Waals surface area contributed by atoms with Crippen LogP contribution < -0.4 is 10.7 Å². The Morgan fingerprint density at radius 3 is 2.21 bits per heavy atom. The molecule has 24 heavy (non-hydrogen) atoms. The highest BCUT2D eigenvalue weighted by atomic mass is 19.1. The Balaban J connectivity index is 2.00. The summed E-state index contributed by atoms with van der Waals surface area (Å²) in [6.07, 6.45) is 0.519. The molecule has 0 aliphatic carbocycles. The van der Waals surface area contributed by atoms with Crippen molar-refractivity contribution in [2.45, 2.75) is 20.3 Å². The topological polar surface area (TPSA) is 70.6 Å². The Morgan fingerprint density at radius 1 is 1.00 bits per heavy atom. The Kier molecular flexibility index (Phi) is 5.78. The van der Waals surface area contributed by atoms with Crippen LogP contribution in [0, 0.1) is 12.7 Å². The zero-order valence-electron chi connectivity index (χ0n) is 13.5. The van der Waals surface area contributed by atoms with Gasteiger partial charge in [-0.25, -0.2) is 9.82 Å². The van der Waals surface area contributed by atoms with Crippen molar-refractivity contribution in [1.82, 2.24) is 5.43 Å². The van der Waals surface area contributed by atoms with E-state index in [0.717, 1.165) is 5.56 Å². The third-order valence-corrected chi connectivity index (χ3v) is 3.32. The smallest absolute Gasteiger partial charge is 0.318 e. The number of amides is 2. The molecule has 0 saturated carbocycles. The normalized spacial score (nSPS) is 11.0. The van der Waals surface area contributed by atoms with E-state index in [1.165, 1.54) is 12.1 Å². The lowest BCUT2D eigenvalue weighted by atomic mass is 10.1. The second kappa shape index (κ2) is 8.01. The summed E-state index contributed by atoms with van der Waals surface area (Å²) < 4.78 is 12.9. The van der Waals surface area contributed by atoms with Gasteiger partial charge >= 0.3 is 11.8 Å². The number of anilines is 1. The third kappa shape index (κ3) is 4.74. The van der Waals surface area contributed by atoms with E-state index in [2.05, 4.69) is 15.8 Å². The predicted octanol–water partition coefficient (Wildman–Crippen LogP) is 3.00. The molecule has 0 saturated heterocycles. The summed E-state index contributed by atoms with van der Waals surface area (Å²) in [6.45, 7) is 3.77. The number of aryl methyl sites for hydroxylation is 1. The van der Waals surface area contributed by atoms with Crippen molar-refractivity contribution in [3.63, 3.8) is 0 Å². The first-order valence-electron chi connectivity index (χ1n) is 7.50. The molecule has 0 radical (unpaired) electrons. The van der Waals surface area contributed by atoms with Gasteiger partial charge in [0.05, 0.1) is 5.71 Å². The zero-order chi connectivity index (χ0) is 17.5. The Morgan fingerprint density at radius 2 is 1.62 bits per heavy atom. The lowest BCUT2D eigenvalue weighted by Gasteiger charge is -2.06. The standard InChI is InChI=1S/C18H18FN3O2/c1-3-16(13-6-8-14(19)9-7-13)21-22-18(24)17(23)20-15-10-4-12(2)5-11-15/h4-11H,3H2,1-2H3,(H,20,23)(H,22,24)/b21-16-. The molecule has 2 aromatic carbocycles. The molecule has 0 spiro atoms. The van der Waals surface area contributed by atoms with Crippen molar-refractivity contribution in [2.75, 3.05) is 5.32 Å². The molecular weight excluding hydrogens is 309 g/mol. The van der Waals surface area contributed by atoms with E-state index in [0.29, 0.717) is 23.4 Å². The molecule has 2 rings (SSSR count). The van der Waals surface area contributed by atoms with Gasteiger partial charge < -0.3 is 5.32 Å². The number of hydrogen-bond acceptors (Lipinski definition) is 3. The summed E-state index contributed by atoms with van der Waals surface area (Å²) in [7, 11) is 0. The summed E-state index contributed by atoms with van der Waals surface area (Å²) in [4.78, 5) is 23.7. The number of hydrogen-bond donors (Lipinski definition) is 2. The van der Waals surface area contributed by atoms with Crippen LogP contribution in [0.5, 0.6) is 0 Å². The number of carbonyl (C=O) groups excluding carboxylic acids is 2. The molecule has 0 unspecified atom stereocenters. The minimum absolute atomic E-state index is 0.351. The number of nitrogens with zero attached hydrogens (tertiary/aromatic N) is 1. The second-order valence-corrected chi connectivity index (χ2v) is 5.18. The molecule has 5 nitrogen and oxygen atoms in total. The summed E-state index contributed by atoms with van der Waals surface area (Å²) in [5, 5.41) is 6.44. The fraction of sp³-hybridized carbons (Fsp3) is 0.167. The molecule has 0 heterocycles. The van der Waals surface area contributed by atoms with Gasteiger partial charge in [-0.1, -0.05) is 36.8 Å². The molecule has 0 aliphatic rings. The maximum atomic E-state index is 12.9. The molecule has 0 bridgehead atoms. The molecule has 0 aliphatic heterocycles. The first-order chi connectivity index (χ1) is 11.5. The van der Waals surface area contributed by atoms with E-state index in [-0.39, 0.29) is 5.82 Å². The summed E-state index contributed by atoms with van der Waals surface area (Å²) >= 11 is 0. The lowest BCUT2D eigenvalue weighted by Crippen LogP contribution is -2.33. The second-order valence-electron chi connectivity index (χ2n) is 5.18. The highest BCUT2D eigenvalue weighted by Gasteiger charge is 2.13. The van der Waals surface area contributed by atoms with Crippen molar-refractivity contribution in [1.29, 1.82) is 0 Å². The van der Waals surface area contributed by atoms with Gasteiger partial charge in [-0.15, -0.1) is 0 Å². The largest absolute Gasteiger partial charge is 0.329 e.